The lowest BCUT2D eigenvalue weighted by atomic mass is 10.0. The van der Waals surface area contributed by atoms with Crippen LogP contribution in [0.1, 0.15) is 290 Å². The summed E-state index contributed by atoms with van der Waals surface area (Å²) in [6, 6.07) is -0.878. The van der Waals surface area contributed by atoms with Gasteiger partial charge in [0.25, 0.3) is 0 Å². The van der Waals surface area contributed by atoms with E-state index in [-0.39, 0.29) is 19.1 Å². The van der Waals surface area contributed by atoms with Gasteiger partial charge in [-0.15, -0.1) is 0 Å². The number of hydrogen-bond donors (Lipinski definition) is 3. The molecule has 0 aromatic rings. The zero-order chi connectivity index (χ0) is 57.7. The molecule has 0 aliphatic heterocycles. The van der Waals surface area contributed by atoms with E-state index in [1.54, 1.807) is 6.08 Å². The molecule has 0 aliphatic rings. The molecule has 0 fully saturated rings. The van der Waals surface area contributed by atoms with E-state index in [1.165, 1.54) is 193 Å². The smallest absolute Gasteiger partial charge is 0.387 e. The zero-order valence-electron chi connectivity index (χ0n) is 52.3. The number of aliphatic hydroxyl groups excluding tert-OH is 1. The number of carbonyl (C=O) groups is 1. The van der Waals surface area contributed by atoms with E-state index in [0.717, 1.165) is 77.0 Å². The standard InChI is InChI=1S/C70H127N2O6P/c1-6-8-10-12-14-16-18-20-22-24-26-28-30-32-34-36-38-40-42-44-46-48-50-52-54-56-58-60-62-64-70(74)71-68(67-78-79(75,76)77-66-65-72(3,4)5)69(73)63-61-59-57-55-53-51-49-47-45-43-41-39-37-35-33-31-29-27-25-23-21-19-17-15-13-11-9-7-2/h8,10,14,16,20,22,26,28,32,34,45,47,53,55,61,63,68-69,73H,6-7,9,11-13,15,17-19,21,23-25,27,29-31,33,35-44,46,48-52,54,56-60,62,64-67H2,1-5H3,(H-,71,74,75,76)/p+1/b10-8-,16-14-,22-20-,28-26-,34-32-,47-45+,55-53+,63-61+. The summed E-state index contributed by atoms with van der Waals surface area (Å²) in [5.41, 5.74) is 0. The summed E-state index contributed by atoms with van der Waals surface area (Å²) >= 11 is 0. The highest BCUT2D eigenvalue weighted by Gasteiger charge is 2.27. The minimum Gasteiger partial charge on any atom is -0.387 e. The zero-order valence-corrected chi connectivity index (χ0v) is 53.2. The quantitative estimate of drug-likeness (QED) is 0.0243. The number of allylic oxidation sites excluding steroid dienone is 15. The van der Waals surface area contributed by atoms with E-state index >= 15 is 0 Å². The Balaban J connectivity index is 4.20. The third kappa shape index (κ3) is 62.9. The summed E-state index contributed by atoms with van der Waals surface area (Å²) in [6.45, 7) is 4.70. The third-order valence-corrected chi connectivity index (χ3v) is 15.5. The molecule has 1 amide bonds. The number of carbonyl (C=O) groups excluding carboxylic acids is 1. The number of amides is 1. The first kappa shape index (κ1) is 76.4. The fourth-order valence-electron chi connectivity index (χ4n) is 9.40. The topological polar surface area (TPSA) is 105 Å². The number of rotatable bonds is 60. The van der Waals surface area contributed by atoms with Gasteiger partial charge in [0.2, 0.25) is 5.91 Å². The molecule has 8 nitrogen and oxygen atoms in total. The molecule has 0 spiro atoms. The van der Waals surface area contributed by atoms with Crippen molar-refractivity contribution < 1.29 is 32.9 Å². The Morgan fingerprint density at radius 1 is 0.443 bits per heavy atom. The summed E-state index contributed by atoms with van der Waals surface area (Å²) in [4.78, 5) is 23.4. The van der Waals surface area contributed by atoms with Gasteiger partial charge in [-0.05, 0) is 89.9 Å². The van der Waals surface area contributed by atoms with Crippen LogP contribution < -0.4 is 5.32 Å². The average molecular weight is 1120 g/mol. The maximum absolute atomic E-state index is 13.0. The Kier molecular flexibility index (Phi) is 58.1. The minimum atomic E-state index is -4.37. The van der Waals surface area contributed by atoms with E-state index in [2.05, 4.69) is 104 Å². The second kappa shape index (κ2) is 60.0. The number of phosphoric acid groups is 1. The lowest BCUT2D eigenvalue weighted by Crippen LogP contribution is -2.45. The van der Waals surface area contributed by atoms with Crippen LogP contribution in [0.25, 0.3) is 0 Å². The van der Waals surface area contributed by atoms with E-state index in [9.17, 15) is 19.4 Å². The molecule has 3 unspecified atom stereocenters. The number of quaternary nitrogens is 1. The predicted molar refractivity (Wildman–Crippen MR) is 346 cm³/mol. The van der Waals surface area contributed by atoms with Crippen LogP contribution in [0, 0.1) is 0 Å². The van der Waals surface area contributed by atoms with Gasteiger partial charge in [-0.3, -0.25) is 13.8 Å². The van der Waals surface area contributed by atoms with Gasteiger partial charge in [0, 0.05) is 6.42 Å². The molecule has 3 atom stereocenters. The first-order chi connectivity index (χ1) is 38.5. The Hall–Kier alpha value is -2.58. The third-order valence-electron chi connectivity index (χ3n) is 14.5. The summed E-state index contributed by atoms with van der Waals surface area (Å²) in [5.74, 6) is -0.193. The van der Waals surface area contributed by atoms with Crippen LogP contribution in [-0.4, -0.2) is 73.4 Å². The van der Waals surface area contributed by atoms with Crippen molar-refractivity contribution in [3.8, 4) is 0 Å². The molecule has 0 heterocycles. The molecule has 0 radical (unpaired) electrons. The molecule has 0 saturated carbocycles. The number of phosphoric ester groups is 1. The SMILES string of the molecule is CC/C=C\C/C=C\C/C=C\C/C=C\C/C=C\CCCCCCCCCCCCCCCC(=O)NC(COP(=O)(O)OCC[N+](C)(C)C)C(O)/C=C/CC/C=C/CC/C=C/CCCCCCCCCCCCCCCCCCCC. The van der Waals surface area contributed by atoms with Crippen LogP contribution in [0.3, 0.4) is 0 Å². The van der Waals surface area contributed by atoms with Crippen LogP contribution in [0.2, 0.25) is 0 Å². The van der Waals surface area contributed by atoms with Gasteiger partial charge < -0.3 is 19.8 Å². The molecule has 0 rings (SSSR count). The molecule has 0 aromatic carbocycles. The van der Waals surface area contributed by atoms with Gasteiger partial charge in [0.15, 0.2) is 0 Å². The molecule has 79 heavy (non-hydrogen) atoms. The van der Waals surface area contributed by atoms with E-state index < -0.39 is 20.0 Å². The van der Waals surface area contributed by atoms with E-state index in [1.807, 2.05) is 27.2 Å². The number of nitrogens with zero attached hydrogens (tertiary/aromatic N) is 1. The van der Waals surface area contributed by atoms with Crippen LogP contribution >= 0.6 is 7.82 Å². The van der Waals surface area contributed by atoms with Crippen LogP contribution in [-0.2, 0) is 18.4 Å². The first-order valence-corrected chi connectivity index (χ1v) is 34.6. The van der Waals surface area contributed by atoms with Gasteiger partial charge in [-0.1, -0.05) is 291 Å². The molecule has 0 saturated heterocycles. The van der Waals surface area contributed by atoms with Gasteiger partial charge in [0.05, 0.1) is 39.9 Å². The second-order valence-electron chi connectivity index (χ2n) is 23.4. The van der Waals surface area contributed by atoms with E-state index in [0.29, 0.717) is 17.4 Å². The molecule has 0 aliphatic carbocycles. The summed E-state index contributed by atoms with van der Waals surface area (Å²) in [5, 5.41) is 14.0. The average Bonchev–Trinajstić information content (AvgIpc) is 3.42. The second-order valence-corrected chi connectivity index (χ2v) is 24.9. The van der Waals surface area contributed by atoms with Crippen LogP contribution in [0.15, 0.2) is 97.2 Å². The molecule has 458 valence electrons. The highest BCUT2D eigenvalue weighted by atomic mass is 31.2. The first-order valence-electron chi connectivity index (χ1n) is 33.1. The van der Waals surface area contributed by atoms with Crippen LogP contribution in [0.5, 0.6) is 0 Å². The number of likely N-dealkylation sites (N-methyl/N-ethyl adjacent to an activating group) is 1. The van der Waals surface area contributed by atoms with Crippen molar-refractivity contribution in [2.75, 3.05) is 40.9 Å². The largest absolute Gasteiger partial charge is 0.472 e. The fourth-order valence-corrected chi connectivity index (χ4v) is 10.1. The van der Waals surface area contributed by atoms with Gasteiger partial charge in [0.1, 0.15) is 13.2 Å². The maximum Gasteiger partial charge on any atom is 0.472 e. The number of hydrogen-bond acceptors (Lipinski definition) is 5. The monoisotopic (exact) mass is 1120 g/mol. The van der Waals surface area contributed by atoms with Crippen molar-refractivity contribution in [1.29, 1.82) is 0 Å². The van der Waals surface area contributed by atoms with Gasteiger partial charge in [-0.25, -0.2) is 4.57 Å². The molecule has 0 aromatic heterocycles. The molecular weight excluding hydrogens is 996 g/mol. The van der Waals surface area contributed by atoms with Gasteiger partial charge >= 0.3 is 7.82 Å². The normalized spacial score (nSPS) is 14.4. The highest BCUT2D eigenvalue weighted by Crippen LogP contribution is 2.43. The minimum absolute atomic E-state index is 0.0497. The van der Waals surface area contributed by atoms with Crippen molar-refractivity contribution in [3.63, 3.8) is 0 Å². The lowest BCUT2D eigenvalue weighted by Gasteiger charge is -2.25. The molecule has 3 N–H and O–H groups in total. The number of aliphatic hydroxyl groups is 1. The predicted octanol–water partition coefficient (Wildman–Crippen LogP) is 20.9. The van der Waals surface area contributed by atoms with Crippen LogP contribution in [0.4, 0.5) is 0 Å². The maximum atomic E-state index is 13.0. The summed E-state index contributed by atoms with van der Waals surface area (Å²) < 4.78 is 23.8. The highest BCUT2D eigenvalue weighted by molar-refractivity contribution is 7.47. The molecule has 9 heteroatoms. The fraction of sp³-hybridized carbons (Fsp3) is 0.757. The number of unbranched alkanes of at least 4 members (excludes halogenated alkanes) is 33. The number of nitrogens with one attached hydrogen (secondary N) is 1. The summed E-state index contributed by atoms with van der Waals surface area (Å²) in [6.07, 6.45) is 86.9. The van der Waals surface area contributed by atoms with Crippen molar-refractivity contribution in [2.45, 2.75) is 302 Å². The van der Waals surface area contributed by atoms with Gasteiger partial charge in [-0.2, -0.15) is 0 Å². The van der Waals surface area contributed by atoms with Crippen molar-refractivity contribution in [2.24, 2.45) is 0 Å². The Morgan fingerprint density at radius 2 is 0.772 bits per heavy atom. The lowest BCUT2D eigenvalue weighted by molar-refractivity contribution is -0.870. The Bertz CT molecular complexity index is 1610. The molecule has 0 bridgehead atoms. The molecular formula is C70H128N2O6P+. The van der Waals surface area contributed by atoms with Crippen molar-refractivity contribution >= 4 is 13.7 Å². The van der Waals surface area contributed by atoms with E-state index in [4.69, 9.17) is 9.05 Å². The Morgan fingerprint density at radius 3 is 1.16 bits per heavy atom. The summed E-state index contributed by atoms with van der Waals surface area (Å²) in [7, 11) is 1.54. The Labute approximate surface area is 489 Å². The van der Waals surface area contributed by atoms with Crippen molar-refractivity contribution in [3.05, 3.63) is 97.2 Å². The van der Waals surface area contributed by atoms with Crippen molar-refractivity contribution in [1.82, 2.24) is 5.32 Å².